The lowest BCUT2D eigenvalue weighted by molar-refractivity contribution is -0.137. The number of rotatable bonds is 4. The standard InChI is InChI=1S/C14H10F3N3O2S/c1-23-13-18-6-5-10(19-13)11(20-22)12(21)8-3-2-4-9(7-8)14(15,16)17/h2-7,22H,1H3/b20-11+. The number of carbonyl (C=O) groups is 1. The zero-order valence-electron chi connectivity index (χ0n) is 11.7. The number of hydrogen-bond acceptors (Lipinski definition) is 6. The Morgan fingerprint density at radius 2 is 2.04 bits per heavy atom. The van der Waals surface area contributed by atoms with Gasteiger partial charge in [0.25, 0.3) is 0 Å². The third kappa shape index (κ3) is 3.86. The van der Waals surface area contributed by atoms with Crippen molar-refractivity contribution in [3.8, 4) is 0 Å². The SMILES string of the molecule is CSc1nccc(/C(=N\O)C(=O)c2cccc(C(F)(F)F)c2)n1. The van der Waals surface area contributed by atoms with Crippen LogP contribution in [0.3, 0.4) is 0 Å². The number of oxime groups is 1. The fraction of sp³-hybridized carbons (Fsp3) is 0.143. The van der Waals surface area contributed by atoms with Crippen molar-refractivity contribution < 1.29 is 23.2 Å². The maximum absolute atomic E-state index is 12.7. The molecule has 0 atom stereocenters. The van der Waals surface area contributed by atoms with Gasteiger partial charge < -0.3 is 5.21 Å². The molecular formula is C14H10F3N3O2S. The summed E-state index contributed by atoms with van der Waals surface area (Å²) in [5.74, 6) is -0.871. The first-order chi connectivity index (χ1) is 10.9. The van der Waals surface area contributed by atoms with E-state index in [0.29, 0.717) is 11.2 Å². The molecule has 0 spiro atoms. The van der Waals surface area contributed by atoms with Crippen LogP contribution in [0.4, 0.5) is 13.2 Å². The van der Waals surface area contributed by atoms with Gasteiger partial charge in [-0.05, 0) is 24.5 Å². The molecule has 0 saturated carbocycles. The molecule has 0 aliphatic heterocycles. The molecule has 0 bridgehead atoms. The maximum Gasteiger partial charge on any atom is 0.416 e. The van der Waals surface area contributed by atoms with E-state index in [1.807, 2.05) is 0 Å². The third-order valence-electron chi connectivity index (χ3n) is 2.83. The summed E-state index contributed by atoms with van der Waals surface area (Å²) in [7, 11) is 0. The molecule has 0 amide bonds. The number of nitrogens with zero attached hydrogens (tertiary/aromatic N) is 3. The molecule has 0 saturated heterocycles. The molecule has 1 heterocycles. The molecule has 23 heavy (non-hydrogen) atoms. The normalized spacial score (nSPS) is 12.3. The van der Waals surface area contributed by atoms with Crippen LogP contribution in [0.2, 0.25) is 0 Å². The van der Waals surface area contributed by atoms with Crippen molar-refractivity contribution in [2.75, 3.05) is 6.26 Å². The summed E-state index contributed by atoms with van der Waals surface area (Å²) in [6.45, 7) is 0. The zero-order chi connectivity index (χ0) is 17.0. The van der Waals surface area contributed by atoms with E-state index in [2.05, 4.69) is 15.1 Å². The van der Waals surface area contributed by atoms with E-state index < -0.39 is 23.2 Å². The first-order valence-electron chi connectivity index (χ1n) is 6.18. The minimum absolute atomic E-state index is 0.0225. The number of aromatic nitrogens is 2. The molecule has 1 aromatic heterocycles. The second kappa shape index (κ2) is 6.78. The maximum atomic E-state index is 12.7. The lowest BCUT2D eigenvalue weighted by Crippen LogP contribution is -2.18. The summed E-state index contributed by atoms with van der Waals surface area (Å²) < 4.78 is 38.2. The van der Waals surface area contributed by atoms with Gasteiger partial charge in [-0.25, -0.2) is 9.97 Å². The highest BCUT2D eigenvalue weighted by Gasteiger charge is 2.31. The molecular weight excluding hydrogens is 331 g/mol. The van der Waals surface area contributed by atoms with E-state index in [-0.39, 0.29) is 11.3 Å². The molecule has 0 unspecified atom stereocenters. The fourth-order valence-corrected chi connectivity index (χ4v) is 2.11. The Morgan fingerprint density at radius 3 is 2.65 bits per heavy atom. The Kier molecular flexibility index (Phi) is 4.99. The molecule has 0 radical (unpaired) electrons. The van der Waals surface area contributed by atoms with Crippen molar-refractivity contribution in [3.05, 3.63) is 53.3 Å². The van der Waals surface area contributed by atoms with E-state index in [4.69, 9.17) is 5.21 Å². The summed E-state index contributed by atoms with van der Waals surface area (Å²) in [6, 6.07) is 5.20. The number of carbonyl (C=O) groups excluding carboxylic acids is 1. The largest absolute Gasteiger partial charge is 0.416 e. The summed E-state index contributed by atoms with van der Waals surface area (Å²) in [4.78, 5) is 20.2. The van der Waals surface area contributed by atoms with Gasteiger partial charge in [0.15, 0.2) is 10.9 Å². The van der Waals surface area contributed by atoms with Gasteiger partial charge in [-0.15, -0.1) is 0 Å². The first-order valence-corrected chi connectivity index (χ1v) is 7.40. The lowest BCUT2D eigenvalue weighted by Gasteiger charge is -2.09. The number of benzene rings is 1. The minimum atomic E-state index is -4.58. The average molecular weight is 341 g/mol. The van der Waals surface area contributed by atoms with E-state index in [0.717, 1.165) is 12.1 Å². The van der Waals surface area contributed by atoms with Crippen molar-refractivity contribution in [1.29, 1.82) is 0 Å². The molecule has 0 aliphatic rings. The average Bonchev–Trinajstić information content (AvgIpc) is 2.55. The van der Waals surface area contributed by atoms with Gasteiger partial charge in [0.1, 0.15) is 5.69 Å². The van der Waals surface area contributed by atoms with E-state index in [1.54, 1.807) is 6.26 Å². The van der Waals surface area contributed by atoms with Crippen LogP contribution in [-0.4, -0.2) is 32.9 Å². The Balaban J connectivity index is 2.41. The van der Waals surface area contributed by atoms with Gasteiger partial charge in [-0.1, -0.05) is 29.1 Å². The smallest absolute Gasteiger partial charge is 0.410 e. The predicted molar refractivity (Wildman–Crippen MR) is 77.9 cm³/mol. The molecule has 1 N–H and O–H groups in total. The quantitative estimate of drug-likeness (QED) is 0.231. The summed E-state index contributed by atoms with van der Waals surface area (Å²) in [5, 5.41) is 12.3. The van der Waals surface area contributed by atoms with Gasteiger partial charge in [0.05, 0.1) is 5.56 Å². The molecule has 2 aromatic rings. The van der Waals surface area contributed by atoms with Crippen LogP contribution < -0.4 is 0 Å². The molecule has 2 rings (SSSR count). The molecule has 9 heteroatoms. The van der Waals surface area contributed by atoms with Crippen LogP contribution in [-0.2, 0) is 6.18 Å². The number of alkyl halides is 3. The summed E-state index contributed by atoms with van der Waals surface area (Å²) >= 11 is 1.21. The van der Waals surface area contributed by atoms with Gasteiger partial charge >= 0.3 is 6.18 Å². The first kappa shape index (κ1) is 16.9. The number of thioether (sulfide) groups is 1. The van der Waals surface area contributed by atoms with E-state index in [9.17, 15) is 18.0 Å². The van der Waals surface area contributed by atoms with Gasteiger partial charge in [-0.3, -0.25) is 4.79 Å². The number of Topliss-reactive ketones (excluding diaryl/α,β-unsaturated/α-hetero) is 1. The number of hydrogen-bond donors (Lipinski definition) is 1. The van der Waals surface area contributed by atoms with Crippen LogP contribution in [0.1, 0.15) is 21.6 Å². The summed E-state index contributed by atoms with van der Waals surface area (Å²) in [5.41, 5.74) is -1.65. The van der Waals surface area contributed by atoms with Crippen LogP contribution in [0.5, 0.6) is 0 Å². The molecule has 1 aromatic carbocycles. The Morgan fingerprint density at radius 1 is 1.30 bits per heavy atom. The van der Waals surface area contributed by atoms with Crippen LogP contribution in [0, 0.1) is 0 Å². The van der Waals surface area contributed by atoms with Gasteiger partial charge in [0.2, 0.25) is 5.78 Å². The minimum Gasteiger partial charge on any atom is -0.410 e. The zero-order valence-corrected chi connectivity index (χ0v) is 12.5. The monoisotopic (exact) mass is 341 g/mol. The van der Waals surface area contributed by atoms with Crippen LogP contribution in [0.15, 0.2) is 46.8 Å². The highest BCUT2D eigenvalue weighted by atomic mass is 32.2. The van der Waals surface area contributed by atoms with Crippen molar-refractivity contribution in [2.24, 2.45) is 5.16 Å². The van der Waals surface area contributed by atoms with Crippen molar-refractivity contribution in [1.82, 2.24) is 9.97 Å². The molecule has 0 fully saturated rings. The van der Waals surface area contributed by atoms with E-state index >= 15 is 0 Å². The second-order valence-electron chi connectivity index (χ2n) is 4.28. The molecule has 0 aliphatic carbocycles. The van der Waals surface area contributed by atoms with Crippen LogP contribution >= 0.6 is 11.8 Å². The Hall–Kier alpha value is -2.42. The fourth-order valence-electron chi connectivity index (χ4n) is 1.76. The highest BCUT2D eigenvalue weighted by molar-refractivity contribution is 7.98. The van der Waals surface area contributed by atoms with Crippen molar-refractivity contribution in [2.45, 2.75) is 11.3 Å². The second-order valence-corrected chi connectivity index (χ2v) is 5.06. The van der Waals surface area contributed by atoms with Gasteiger partial charge in [0, 0.05) is 11.8 Å². The Labute approximate surface area is 133 Å². The molecule has 5 nitrogen and oxygen atoms in total. The van der Waals surface area contributed by atoms with Gasteiger partial charge in [-0.2, -0.15) is 13.2 Å². The predicted octanol–water partition coefficient (Wildman–Crippen LogP) is 3.28. The van der Waals surface area contributed by atoms with Crippen molar-refractivity contribution in [3.63, 3.8) is 0 Å². The van der Waals surface area contributed by atoms with Crippen LogP contribution in [0.25, 0.3) is 0 Å². The molecule has 120 valence electrons. The number of ketones is 1. The van der Waals surface area contributed by atoms with E-state index in [1.165, 1.54) is 30.1 Å². The highest BCUT2D eigenvalue weighted by Crippen LogP contribution is 2.29. The third-order valence-corrected chi connectivity index (χ3v) is 3.39. The lowest BCUT2D eigenvalue weighted by atomic mass is 10.0. The number of halogens is 3. The Bertz CT molecular complexity index is 763. The topological polar surface area (TPSA) is 75.4 Å². The van der Waals surface area contributed by atoms with Crippen molar-refractivity contribution >= 4 is 23.3 Å². The summed E-state index contributed by atoms with van der Waals surface area (Å²) in [6.07, 6.45) is -1.50.